The second-order valence-corrected chi connectivity index (χ2v) is 8.30. The van der Waals surface area contributed by atoms with Crippen molar-refractivity contribution in [3.05, 3.63) is 30.3 Å². The fraction of sp³-hybridized carbons (Fsp3) is 0.529. The van der Waals surface area contributed by atoms with Gasteiger partial charge in [-0.25, -0.2) is 4.79 Å². The van der Waals surface area contributed by atoms with Gasteiger partial charge in [-0.15, -0.1) is 11.8 Å². The number of alkyl halides is 3. The second kappa shape index (κ2) is 7.02. The lowest BCUT2D eigenvalue weighted by Crippen LogP contribution is -2.42. The van der Waals surface area contributed by atoms with Crippen LogP contribution in [0.3, 0.4) is 0 Å². The molecule has 1 saturated carbocycles. The second-order valence-electron chi connectivity index (χ2n) is 6.75. The molecule has 1 aliphatic heterocycles. The Balaban J connectivity index is 1.56. The first-order valence-electron chi connectivity index (χ1n) is 8.27. The number of carboxylic acid groups (broad SMARTS) is 1. The number of urea groups is 1. The van der Waals surface area contributed by atoms with E-state index >= 15 is 0 Å². The highest BCUT2D eigenvalue weighted by Crippen LogP contribution is 2.51. The zero-order valence-corrected chi connectivity index (χ0v) is 14.6. The van der Waals surface area contributed by atoms with Gasteiger partial charge in [-0.05, 0) is 25.0 Å². The van der Waals surface area contributed by atoms with Gasteiger partial charge in [0.05, 0.1) is 11.8 Å². The molecule has 0 spiro atoms. The lowest BCUT2D eigenvalue weighted by atomic mass is 9.96. The third kappa shape index (κ3) is 4.25. The molecule has 1 aliphatic carbocycles. The van der Waals surface area contributed by atoms with E-state index in [-0.39, 0.29) is 4.75 Å². The summed E-state index contributed by atoms with van der Waals surface area (Å²) in [6, 6.07) is 9.06. The summed E-state index contributed by atoms with van der Waals surface area (Å²) in [4.78, 5) is 25.4. The fourth-order valence-corrected chi connectivity index (χ4v) is 4.34. The highest BCUT2D eigenvalue weighted by atomic mass is 32.2. The number of carbonyl (C=O) groups excluding carboxylic acids is 1. The molecule has 2 aliphatic rings. The first kappa shape index (κ1) is 18.9. The monoisotopic (exact) mass is 388 g/mol. The molecule has 1 saturated heterocycles. The average Bonchev–Trinajstić information content (AvgIpc) is 3.17. The number of amides is 2. The van der Waals surface area contributed by atoms with Crippen LogP contribution in [0.15, 0.2) is 35.2 Å². The Morgan fingerprint density at radius 3 is 2.38 bits per heavy atom. The van der Waals surface area contributed by atoms with Gasteiger partial charge < -0.3 is 15.3 Å². The van der Waals surface area contributed by atoms with Gasteiger partial charge in [-0.2, -0.15) is 13.2 Å². The zero-order chi connectivity index (χ0) is 18.9. The molecule has 0 unspecified atom stereocenters. The maximum Gasteiger partial charge on any atom is 0.394 e. The van der Waals surface area contributed by atoms with Crippen molar-refractivity contribution in [2.75, 3.05) is 19.6 Å². The molecule has 0 aromatic heterocycles. The van der Waals surface area contributed by atoms with E-state index in [0.717, 1.165) is 22.6 Å². The quantitative estimate of drug-likeness (QED) is 0.813. The topological polar surface area (TPSA) is 69.6 Å². The molecule has 2 atom stereocenters. The van der Waals surface area contributed by atoms with Crippen molar-refractivity contribution < 1.29 is 27.9 Å². The first-order valence-corrected chi connectivity index (χ1v) is 9.08. The van der Waals surface area contributed by atoms with Gasteiger partial charge >= 0.3 is 18.2 Å². The predicted octanol–water partition coefficient (Wildman–Crippen LogP) is 3.22. The zero-order valence-electron chi connectivity index (χ0n) is 13.8. The summed E-state index contributed by atoms with van der Waals surface area (Å²) >= 11 is 1.64. The van der Waals surface area contributed by atoms with Gasteiger partial charge in [-0.1, -0.05) is 18.2 Å². The van der Waals surface area contributed by atoms with Crippen LogP contribution in [-0.4, -0.2) is 52.6 Å². The Hall–Kier alpha value is -1.90. The van der Waals surface area contributed by atoms with Crippen molar-refractivity contribution in [2.45, 2.75) is 28.7 Å². The van der Waals surface area contributed by atoms with Crippen molar-refractivity contribution in [1.29, 1.82) is 0 Å². The summed E-state index contributed by atoms with van der Waals surface area (Å²) < 4.78 is 38.9. The Morgan fingerprint density at radius 2 is 1.88 bits per heavy atom. The van der Waals surface area contributed by atoms with E-state index in [1.807, 2.05) is 30.3 Å². The van der Waals surface area contributed by atoms with E-state index in [9.17, 15) is 22.8 Å². The van der Waals surface area contributed by atoms with Crippen molar-refractivity contribution in [2.24, 2.45) is 11.8 Å². The van der Waals surface area contributed by atoms with Crippen LogP contribution < -0.4 is 5.32 Å². The van der Waals surface area contributed by atoms with Crippen LogP contribution in [0.5, 0.6) is 0 Å². The molecule has 1 aromatic rings. The van der Waals surface area contributed by atoms with Crippen LogP contribution >= 0.6 is 11.8 Å². The van der Waals surface area contributed by atoms with E-state index in [1.54, 1.807) is 11.8 Å². The van der Waals surface area contributed by atoms with Crippen LogP contribution in [0.25, 0.3) is 0 Å². The molecule has 9 heteroatoms. The molecule has 5 nitrogen and oxygen atoms in total. The summed E-state index contributed by atoms with van der Waals surface area (Å²) in [6.07, 6.45) is -2.81. The summed E-state index contributed by atoms with van der Waals surface area (Å²) in [7, 11) is 0. The lowest BCUT2D eigenvalue weighted by molar-refractivity contribution is -0.187. The number of likely N-dealkylation sites (tertiary alicyclic amines) is 1. The Bertz CT molecular complexity index is 680. The van der Waals surface area contributed by atoms with E-state index < -0.39 is 43.1 Å². The van der Waals surface area contributed by atoms with Gasteiger partial charge in [0.2, 0.25) is 0 Å². The minimum atomic E-state index is -4.64. The smallest absolute Gasteiger partial charge is 0.394 e. The van der Waals surface area contributed by atoms with Crippen LogP contribution in [0.2, 0.25) is 0 Å². The third-order valence-corrected chi connectivity index (χ3v) is 6.29. The number of rotatable bonds is 5. The number of carbonyl (C=O) groups is 2. The standard InChI is InChI=1S/C17H19F3N2O3S/c18-17(19,20)13-9-22(8-12(13)14(23)24)15(25)21-10-16(6-7-16)26-11-4-2-1-3-5-11/h1-5,12-13H,6-10H2,(H,21,25)(H,23,24)/t12-,13-/m1/s1. The molecule has 2 fully saturated rings. The van der Waals surface area contributed by atoms with E-state index in [0.29, 0.717) is 6.54 Å². The number of hydrogen-bond acceptors (Lipinski definition) is 3. The molecule has 1 heterocycles. The van der Waals surface area contributed by atoms with E-state index in [1.165, 1.54) is 0 Å². The summed E-state index contributed by atoms with van der Waals surface area (Å²) in [5, 5.41) is 11.7. The number of carboxylic acids is 1. The Morgan fingerprint density at radius 1 is 1.23 bits per heavy atom. The summed E-state index contributed by atoms with van der Waals surface area (Å²) in [5.74, 6) is -5.17. The highest BCUT2D eigenvalue weighted by Gasteiger charge is 2.54. The number of hydrogen-bond donors (Lipinski definition) is 2. The van der Waals surface area contributed by atoms with Gasteiger partial charge in [-0.3, -0.25) is 4.79 Å². The number of nitrogens with one attached hydrogen (secondary N) is 1. The maximum atomic E-state index is 13.0. The molecule has 142 valence electrons. The number of thioether (sulfide) groups is 1. The highest BCUT2D eigenvalue weighted by molar-refractivity contribution is 8.01. The predicted molar refractivity (Wildman–Crippen MR) is 89.9 cm³/mol. The summed E-state index contributed by atoms with van der Waals surface area (Å²) in [6.45, 7) is -0.703. The van der Waals surface area contributed by atoms with Gasteiger partial charge in [0.25, 0.3) is 0 Å². The number of halogens is 3. The van der Waals surface area contributed by atoms with Gasteiger partial charge in [0.1, 0.15) is 0 Å². The normalized spacial score (nSPS) is 24.3. The summed E-state index contributed by atoms with van der Waals surface area (Å²) in [5.41, 5.74) is 0. The van der Waals surface area contributed by atoms with Crippen molar-refractivity contribution >= 4 is 23.8 Å². The minimum Gasteiger partial charge on any atom is -0.481 e. The van der Waals surface area contributed by atoms with Crippen molar-refractivity contribution in [3.63, 3.8) is 0 Å². The third-order valence-electron chi connectivity index (χ3n) is 4.79. The molecule has 26 heavy (non-hydrogen) atoms. The average molecular weight is 388 g/mol. The molecule has 2 amide bonds. The molecule has 1 aromatic carbocycles. The largest absolute Gasteiger partial charge is 0.481 e. The molecular formula is C17H19F3N2O3S. The van der Waals surface area contributed by atoms with Crippen LogP contribution in [-0.2, 0) is 4.79 Å². The lowest BCUT2D eigenvalue weighted by Gasteiger charge is -2.21. The fourth-order valence-electron chi connectivity index (χ4n) is 3.09. The van der Waals surface area contributed by atoms with Crippen molar-refractivity contribution in [1.82, 2.24) is 10.2 Å². The molecular weight excluding hydrogens is 369 g/mol. The molecule has 0 bridgehead atoms. The number of benzene rings is 1. The first-order chi connectivity index (χ1) is 12.2. The van der Waals surface area contributed by atoms with E-state index in [2.05, 4.69) is 5.32 Å². The van der Waals surface area contributed by atoms with Crippen LogP contribution in [0.1, 0.15) is 12.8 Å². The Kier molecular flexibility index (Phi) is 5.09. The minimum absolute atomic E-state index is 0.133. The van der Waals surface area contributed by atoms with Crippen molar-refractivity contribution in [3.8, 4) is 0 Å². The van der Waals surface area contributed by atoms with Crippen LogP contribution in [0, 0.1) is 11.8 Å². The molecule has 3 rings (SSSR count). The SMILES string of the molecule is O=C(O)[C@@H]1CN(C(=O)NCC2(Sc3ccccc3)CC2)C[C@H]1C(F)(F)F. The van der Waals surface area contributed by atoms with E-state index in [4.69, 9.17) is 5.11 Å². The number of nitrogens with zero attached hydrogens (tertiary/aromatic N) is 1. The van der Waals surface area contributed by atoms with Gasteiger partial charge in [0.15, 0.2) is 0 Å². The Labute approximate surface area is 152 Å². The van der Waals surface area contributed by atoms with Crippen LogP contribution in [0.4, 0.5) is 18.0 Å². The van der Waals surface area contributed by atoms with Gasteiger partial charge in [0, 0.05) is 29.3 Å². The molecule has 2 N–H and O–H groups in total. The molecule has 0 radical (unpaired) electrons. The maximum absolute atomic E-state index is 13.0. The number of aliphatic carboxylic acids is 1.